The summed E-state index contributed by atoms with van der Waals surface area (Å²) < 4.78 is 1.88. The van der Waals surface area contributed by atoms with E-state index in [0.717, 1.165) is 10.4 Å². The molecule has 0 saturated heterocycles. The fraction of sp³-hybridized carbons (Fsp3) is 0.100. The van der Waals surface area contributed by atoms with Crippen LogP contribution >= 0.6 is 11.3 Å². The average Bonchev–Trinajstić information content (AvgIpc) is 2.72. The molecule has 0 aromatic carbocycles. The molecule has 0 unspecified atom stereocenters. The summed E-state index contributed by atoms with van der Waals surface area (Å²) in [7, 11) is 1.91. The van der Waals surface area contributed by atoms with E-state index in [-0.39, 0.29) is 5.78 Å². The molecule has 0 amide bonds. The van der Waals surface area contributed by atoms with Gasteiger partial charge in [0.2, 0.25) is 5.78 Å². The highest BCUT2D eigenvalue weighted by Gasteiger charge is 2.09. The molecule has 0 aliphatic heterocycles. The lowest BCUT2D eigenvalue weighted by atomic mass is 10.2. The van der Waals surface area contributed by atoms with Gasteiger partial charge in [-0.3, -0.25) is 4.79 Å². The van der Waals surface area contributed by atoms with Crippen LogP contribution in [-0.2, 0) is 7.05 Å². The van der Waals surface area contributed by atoms with Gasteiger partial charge < -0.3 is 4.57 Å². The molecule has 2 rings (SSSR count). The van der Waals surface area contributed by atoms with Crippen LogP contribution in [-0.4, -0.2) is 10.4 Å². The Morgan fingerprint density at radius 3 is 2.85 bits per heavy atom. The molecule has 0 fully saturated rings. The number of nitrogens with zero attached hydrogens (tertiary/aromatic N) is 1. The minimum Gasteiger partial charge on any atom is -0.357 e. The van der Waals surface area contributed by atoms with Crippen LogP contribution in [0.1, 0.15) is 15.2 Å². The van der Waals surface area contributed by atoms with Crippen LogP contribution in [0.15, 0.2) is 36.0 Å². The molecule has 2 aromatic rings. The highest BCUT2D eigenvalue weighted by Crippen LogP contribution is 2.14. The molecule has 0 radical (unpaired) electrons. The zero-order valence-corrected chi connectivity index (χ0v) is 8.04. The lowest BCUT2D eigenvalue weighted by Gasteiger charge is -1.91. The molecule has 3 heteroatoms. The highest BCUT2D eigenvalue weighted by molar-refractivity contribution is 7.12. The highest BCUT2D eigenvalue weighted by atomic mass is 32.1. The van der Waals surface area contributed by atoms with Crippen molar-refractivity contribution < 1.29 is 4.79 Å². The molecule has 66 valence electrons. The van der Waals surface area contributed by atoms with Gasteiger partial charge in [0, 0.05) is 25.0 Å². The van der Waals surface area contributed by atoms with Crippen molar-refractivity contribution in [1.82, 2.24) is 4.57 Å². The van der Waals surface area contributed by atoms with Gasteiger partial charge in [-0.15, -0.1) is 11.3 Å². The fourth-order valence-electron chi connectivity index (χ4n) is 1.19. The topological polar surface area (TPSA) is 22.0 Å². The Morgan fingerprint density at radius 1 is 1.46 bits per heavy atom. The average molecular weight is 191 g/mol. The van der Waals surface area contributed by atoms with Crippen LogP contribution in [0.5, 0.6) is 0 Å². The Hall–Kier alpha value is -1.35. The molecule has 0 spiro atoms. The predicted octanol–water partition coefficient (Wildman–Crippen LogP) is 2.32. The van der Waals surface area contributed by atoms with Crippen LogP contribution in [0.3, 0.4) is 0 Å². The van der Waals surface area contributed by atoms with Gasteiger partial charge in [-0.1, -0.05) is 6.07 Å². The van der Waals surface area contributed by atoms with Gasteiger partial charge in [0.05, 0.1) is 4.88 Å². The number of ketones is 1. The normalized spacial score (nSPS) is 10.2. The van der Waals surface area contributed by atoms with E-state index < -0.39 is 0 Å². The maximum absolute atomic E-state index is 11.7. The number of carbonyl (C=O) groups is 1. The summed E-state index contributed by atoms with van der Waals surface area (Å²) in [4.78, 5) is 12.5. The third-order valence-corrected chi connectivity index (χ3v) is 2.71. The molecular weight excluding hydrogens is 182 g/mol. The molecule has 0 aliphatic carbocycles. The van der Waals surface area contributed by atoms with Gasteiger partial charge in [-0.2, -0.15) is 0 Å². The summed E-state index contributed by atoms with van der Waals surface area (Å²) in [6.45, 7) is 0. The van der Waals surface area contributed by atoms with E-state index in [1.54, 1.807) is 0 Å². The van der Waals surface area contributed by atoms with Gasteiger partial charge in [0.15, 0.2) is 0 Å². The van der Waals surface area contributed by atoms with E-state index in [1.165, 1.54) is 11.3 Å². The smallest absolute Gasteiger partial charge is 0.204 e. The molecule has 0 bridgehead atoms. The van der Waals surface area contributed by atoms with E-state index >= 15 is 0 Å². The lowest BCUT2D eigenvalue weighted by Crippen LogP contribution is -1.96. The maximum atomic E-state index is 11.7. The first-order chi connectivity index (χ1) is 6.27. The van der Waals surface area contributed by atoms with E-state index in [1.807, 2.05) is 47.6 Å². The second-order valence-electron chi connectivity index (χ2n) is 2.87. The van der Waals surface area contributed by atoms with Crippen LogP contribution in [0.2, 0.25) is 0 Å². The number of thiophene rings is 1. The van der Waals surface area contributed by atoms with E-state index in [0.29, 0.717) is 0 Å². The first kappa shape index (κ1) is 8.26. The molecular formula is C10H9NOS. The zero-order chi connectivity index (χ0) is 9.26. The third-order valence-electron chi connectivity index (χ3n) is 1.84. The standard InChI is InChI=1S/C10H9NOS/c1-11-5-4-8(7-11)10(12)9-3-2-6-13-9/h2-7H,1H3. The van der Waals surface area contributed by atoms with Gasteiger partial charge in [-0.25, -0.2) is 0 Å². The van der Waals surface area contributed by atoms with E-state index in [4.69, 9.17) is 0 Å². The number of rotatable bonds is 2. The molecule has 2 nitrogen and oxygen atoms in total. The van der Waals surface area contributed by atoms with E-state index in [2.05, 4.69) is 0 Å². The van der Waals surface area contributed by atoms with Crippen molar-refractivity contribution in [2.75, 3.05) is 0 Å². The molecule has 2 heterocycles. The van der Waals surface area contributed by atoms with Crippen LogP contribution in [0, 0.1) is 0 Å². The van der Waals surface area contributed by atoms with Crippen LogP contribution in [0.4, 0.5) is 0 Å². The second-order valence-corrected chi connectivity index (χ2v) is 3.82. The van der Waals surface area contributed by atoms with Crippen molar-refractivity contribution in [3.63, 3.8) is 0 Å². The minimum absolute atomic E-state index is 0.107. The Bertz CT molecular complexity index is 414. The number of hydrogen-bond donors (Lipinski definition) is 0. The quantitative estimate of drug-likeness (QED) is 0.668. The lowest BCUT2D eigenvalue weighted by molar-refractivity contribution is 0.104. The molecule has 0 atom stereocenters. The summed E-state index contributed by atoms with van der Waals surface area (Å²) in [5, 5.41) is 1.91. The number of carbonyl (C=O) groups excluding carboxylic acids is 1. The van der Waals surface area contributed by atoms with Crippen molar-refractivity contribution in [2.45, 2.75) is 0 Å². The summed E-state index contributed by atoms with van der Waals surface area (Å²) in [6.07, 6.45) is 3.71. The molecule has 0 aliphatic rings. The van der Waals surface area contributed by atoms with Crippen molar-refractivity contribution in [1.29, 1.82) is 0 Å². The Morgan fingerprint density at radius 2 is 2.31 bits per heavy atom. The second kappa shape index (κ2) is 3.18. The number of hydrogen-bond acceptors (Lipinski definition) is 2. The van der Waals surface area contributed by atoms with Gasteiger partial charge in [0.25, 0.3) is 0 Å². The first-order valence-electron chi connectivity index (χ1n) is 3.97. The van der Waals surface area contributed by atoms with Crippen molar-refractivity contribution in [2.24, 2.45) is 7.05 Å². The largest absolute Gasteiger partial charge is 0.357 e. The van der Waals surface area contributed by atoms with Crippen molar-refractivity contribution in [3.05, 3.63) is 46.4 Å². The van der Waals surface area contributed by atoms with Crippen LogP contribution < -0.4 is 0 Å². The third kappa shape index (κ3) is 1.55. The summed E-state index contributed by atoms with van der Waals surface area (Å²) in [5.41, 5.74) is 0.755. The molecule has 0 saturated carbocycles. The maximum Gasteiger partial charge on any atom is 0.204 e. The SMILES string of the molecule is Cn1ccc(C(=O)c2cccs2)c1. The fourth-order valence-corrected chi connectivity index (χ4v) is 1.87. The number of aryl methyl sites for hydroxylation is 1. The first-order valence-corrected chi connectivity index (χ1v) is 4.85. The van der Waals surface area contributed by atoms with Gasteiger partial charge in [-0.05, 0) is 17.5 Å². The van der Waals surface area contributed by atoms with Crippen molar-refractivity contribution >= 4 is 17.1 Å². The van der Waals surface area contributed by atoms with Crippen LogP contribution in [0.25, 0.3) is 0 Å². The van der Waals surface area contributed by atoms with E-state index in [9.17, 15) is 4.79 Å². The Balaban J connectivity index is 2.33. The Kier molecular flexibility index (Phi) is 2.02. The molecule has 2 aromatic heterocycles. The van der Waals surface area contributed by atoms with Gasteiger partial charge >= 0.3 is 0 Å². The summed E-state index contributed by atoms with van der Waals surface area (Å²) >= 11 is 1.48. The predicted molar refractivity (Wildman–Crippen MR) is 53.2 cm³/mol. The molecule has 13 heavy (non-hydrogen) atoms. The summed E-state index contributed by atoms with van der Waals surface area (Å²) in [5.74, 6) is 0.107. The molecule has 0 N–H and O–H groups in total. The monoisotopic (exact) mass is 191 g/mol. The minimum atomic E-state index is 0.107. The van der Waals surface area contributed by atoms with Gasteiger partial charge in [0.1, 0.15) is 0 Å². The number of aromatic nitrogens is 1. The Labute approximate surface area is 80.4 Å². The summed E-state index contributed by atoms with van der Waals surface area (Å²) in [6, 6.07) is 5.57. The van der Waals surface area contributed by atoms with Crippen molar-refractivity contribution in [3.8, 4) is 0 Å². The zero-order valence-electron chi connectivity index (χ0n) is 7.23.